The summed E-state index contributed by atoms with van der Waals surface area (Å²) < 4.78 is 67.0. The molecule has 6 nitrogen and oxygen atoms in total. The smallest absolute Gasteiger partial charge is 0.348 e. The van der Waals surface area contributed by atoms with E-state index in [0.717, 1.165) is 6.07 Å². The molecule has 2 heterocycles. The van der Waals surface area contributed by atoms with Crippen LogP contribution >= 0.6 is 0 Å². The van der Waals surface area contributed by atoms with Gasteiger partial charge in [0.05, 0.1) is 18.8 Å². The van der Waals surface area contributed by atoms with Gasteiger partial charge in [0.25, 0.3) is 0 Å². The molecule has 0 N–H and O–H groups in total. The van der Waals surface area contributed by atoms with Gasteiger partial charge in [-0.1, -0.05) is 18.1 Å². The van der Waals surface area contributed by atoms with E-state index in [1.807, 2.05) is 0 Å². The predicted molar refractivity (Wildman–Crippen MR) is 83.1 cm³/mol. The second kappa shape index (κ2) is 7.01. The lowest BCUT2D eigenvalue weighted by Gasteiger charge is -2.29. The number of aromatic nitrogens is 2. The molecule has 2 aromatic rings. The third-order valence-corrected chi connectivity index (χ3v) is 4.44. The summed E-state index contributed by atoms with van der Waals surface area (Å²) in [6, 6.07) is 3.34. The maximum absolute atomic E-state index is 14.4. The van der Waals surface area contributed by atoms with Crippen molar-refractivity contribution < 1.29 is 36.4 Å². The van der Waals surface area contributed by atoms with Gasteiger partial charge < -0.3 is 14.0 Å². The molecule has 1 aliphatic rings. The molecule has 146 valence electrons. The minimum Gasteiger partial charge on any atom is -0.348 e. The zero-order valence-corrected chi connectivity index (χ0v) is 14.5. The number of halogens is 4. The van der Waals surface area contributed by atoms with E-state index in [0.29, 0.717) is 13.2 Å². The lowest BCUT2D eigenvalue weighted by atomic mass is 9.92. The van der Waals surface area contributed by atoms with Crippen LogP contribution in [0.5, 0.6) is 0 Å². The summed E-state index contributed by atoms with van der Waals surface area (Å²) in [7, 11) is 0. The first kappa shape index (κ1) is 19.4. The van der Waals surface area contributed by atoms with Crippen LogP contribution < -0.4 is 0 Å². The molecule has 1 aliphatic heterocycles. The number of alkyl halides is 3. The van der Waals surface area contributed by atoms with E-state index in [9.17, 15) is 22.4 Å². The van der Waals surface area contributed by atoms with Crippen LogP contribution in [-0.4, -0.2) is 34.9 Å². The fourth-order valence-electron chi connectivity index (χ4n) is 2.72. The van der Waals surface area contributed by atoms with Gasteiger partial charge in [-0.3, -0.25) is 4.79 Å². The molecular formula is C17H16F4N2O4. The average Bonchev–Trinajstić information content (AvgIpc) is 3.24. The summed E-state index contributed by atoms with van der Waals surface area (Å²) in [6.07, 6.45) is -4.82. The highest BCUT2D eigenvalue weighted by Crippen LogP contribution is 2.32. The van der Waals surface area contributed by atoms with E-state index in [-0.39, 0.29) is 23.5 Å². The number of ketones is 1. The molecular weight excluding hydrogens is 372 g/mol. The minimum atomic E-state index is -4.80. The Bertz CT molecular complexity index is 844. The first-order valence-corrected chi connectivity index (χ1v) is 8.12. The Balaban J connectivity index is 1.76. The largest absolute Gasteiger partial charge is 0.471 e. The Morgan fingerprint density at radius 2 is 1.96 bits per heavy atom. The van der Waals surface area contributed by atoms with Crippen LogP contribution in [0, 0.1) is 11.7 Å². The van der Waals surface area contributed by atoms with Crippen molar-refractivity contribution in [2.75, 3.05) is 13.2 Å². The van der Waals surface area contributed by atoms with Crippen molar-refractivity contribution in [3.05, 3.63) is 35.5 Å². The van der Waals surface area contributed by atoms with Gasteiger partial charge in [-0.05, 0) is 19.1 Å². The number of nitrogens with zero attached hydrogens (tertiary/aromatic N) is 2. The molecule has 1 saturated heterocycles. The Hall–Kier alpha value is -2.33. The Labute approximate surface area is 151 Å². The van der Waals surface area contributed by atoms with Gasteiger partial charge in [-0.2, -0.15) is 18.2 Å². The van der Waals surface area contributed by atoms with Gasteiger partial charge in [0, 0.05) is 17.9 Å². The van der Waals surface area contributed by atoms with Crippen molar-refractivity contribution >= 4 is 5.78 Å². The summed E-state index contributed by atoms with van der Waals surface area (Å²) in [4.78, 5) is 15.6. The number of carbonyl (C=O) groups excluding carboxylic acids is 1. The topological polar surface area (TPSA) is 74.5 Å². The molecule has 1 aromatic heterocycles. The van der Waals surface area contributed by atoms with Crippen LogP contribution in [-0.2, 0) is 15.7 Å². The van der Waals surface area contributed by atoms with Crippen LogP contribution in [0.2, 0.25) is 0 Å². The molecule has 0 bridgehead atoms. The van der Waals surface area contributed by atoms with E-state index in [2.05, 4.69) is 14.7 Å². The third-order valence-electron chi connectivity index (χ3n) is 4.44. The van der Waals surface area contributed by atoms with E-state index < -0.39 is 35.3 Å². The molecule has 0 saturated carbocycles. The lowest BCUT2D eigenvalue weighted by molar-refractivity contribution is -0.176. The SMILES string of the molecule is CC(CC(=O)c1ccc(-c2noc(C(F)(F)F)n2)cc1F)C1(C)OCCO1. The summed E-state index contributed by atoms with van der Waals surface area (Å²) >= 11 is 0. The zero-order chi connectivity index (χ0) is 19.8. The molecule has 1 aromatic carbocycles. The van der Waals surface area contributed by atoms with Crippen LogP contribution in [0.4, 0.5) is 17.6 Å². The van der Waals surface area contributed by atoms with Gasteiger partial charge in [-0.25, -0.2) is 4.39 Å². The molecule has 1 unspecified atom stereocenters. The predicted octanol–water partition coefficient (Wildman–Crippen LogP) is 3.87. The molecule has 1 atom stereocenters. The summed E-state index contributed by atoms with van der Waals surface area (Å²) in [5, 5.41) is 3.19. The first-order valence-electron chi connectivity index (χ1n) is 8.12. The number of rotatable bonds is 5. The molecule has 0 aliphatic carbocycles. The first-order chi connectivity index (χ1) is 12.6. The minimum absolute atomic E-state index is 0.0206. The van der Waals surface area contributed by atoms with Crippen molar-refractivity contribution in [2.24, 2.45) is 5.92 Å². The maximum atomic E-state index is 14.4. The number of ether oxygens (including phenoxy) is 2. The lowest BCUT2D eigenvalue weighted by Crippen LogP contribution is -2.35. The van der Waals surface area contributed by atoms with Gasteiger partial charge in [0.15, 0.2) is 11.6 Å². The molecule has 0 radical (unpaired) electrons. The van der Waals surface area contributed by atoms with Crippen molar-refractivity contribution in [1.29, 1.82) is 0 Å². The number of hydrogen-bond acceptors (Lipinski definition) is 6. The number of Topliss-reactive ketones (excluding diaryl/α,β-unsaturated/α-hetero) is 1. The Kier molecular flexibility index (Phi) is 5.04. The fourth-order valence-corrected chi connectivity index (χ4v) is 2.72. The number of hydrogen-bond donors (Lipinski definition) is 0. The Morgan fingerprint density at radius 3 is 2.52 bits per heavy atom. The summed E-state index contributed by atoms with van der Waals surface area (Å²) in [5.41, 5.74) is -0.225. The van der Waals surface area contributed by atoms with Crippen molar-refractivity contribution in [3.8, 4) is 11.4 Å². The van der Waals surface area contributed by atoms with E-state index in [1.54, 1.807) is 13.8 Å². The fraction of sp³-hybridized carbons (Fsp3) is 0.471. The molecule has 0 spiro atoms. The van der Waals surface area contributed by atoms with Crippen molar-refractivity contribution in [2.45, 2.75) is 32.2 Å². The van der Waals surface area contributed by atoms with Crippen molar-refractivity contribution in [3.63, 3.8) is 0 Å². The van der Waals surface area contributed by atoms with Gasteiger partial charge in [-0.15, -0.1) is 0 Å². The highest BCUT2D eigenvalue weighted by Gasteiger charge is 2.39. The quantitative estimate of drug-likeness (QED) is 0.572. The monoisotopic (exact) mass is 388 g/mol. The number of carbonyl (C=O) groups is 1. The standard InChI is InChI=1S/C17H16F4N2O4/c1-9(16(2)25-5-6-26-16)7-13(24)11-4-3-10(8-12(11)18)14-22-15(27-23-14)17(19,20)21/h3-4,8-9H,5-7H2,1-2H3. The molecule has 1 fully saturated rings. The van der Waals surface area contributed by atoms with E-state index in [4.69, 9.17) is 9.47 Å². The normalized spacial score (nSPS) is 17.9. The van der Waals surface area contributed by atoms with Crippen LogP contribution in [0.1, 0.15) is 36.5 Å². The van der Waals surface area contributed by atoms with E-state index >= 15 is 0 Å². The van der Waals surface area contributed by atoms with Crippen LogP contribution in [0.3, 0.4) is 0 Å². The van der Waals surface area contributed by atoms with Crippen molar-refractivity contribution in [1.82, 2.24) is 10.1 Å². The third kappa shape index (κ3) is 4.01. The molecule has 0 amide bonds. The van der Waals surface area contributed by atoms with Gasteiger partial charge in [0.1, 0.15) is 5.82 Å². The second-order valence-corrected chi connectivity index (χ2v) is 6.36. The number of benzene rings is 1. The molecule has 3 rings (SSSR count). The van der Waals surface area contributed by atoms with Gasteiger partial charge >= 0.3 is 12.1 Å². The van der Waals surface area contributed by atoms with Crippen LogP contribution in [0.25, 0.3) is 11.4 Å². The van der Waals surface area contributed by atoms with E-state index in [1.165, 1.54) is 12.1 Å². The van der Waals surface area contributed by atoms with Crippen LogP contribution in [0.15, 0.2) is 22.7 Å². The highest BCUT2D eigenvalue weighted by atomic mass is 19.4. The summed E-state index contributed by atoms with van der Waals surface area (Å²) in [6.45, 7) is 4.31. The molecule has 27 heavy (non-hydrogen) atoms. The average molecular weight is 388 g/mol. The molecule has 10 heteroatoms. The Morgan fingerprint density at radius 1 is 1.30 bits per heavy atom. The van der Waals surface area contributed by atoms with Gasteiger partial charge in [0.2, 0.25) is 5.82 Å². The summed E-state index contributed by atoms with van der Waals surface area (Å²) in [5.74, 6) is -4.55. The maximum Gasteiger partial charge on any atom is 0.471 e. The zero-order valence-electron chi connectivity index (χ0n) is 14.5. The second-order valence-electron chi connectivity index (χ2n) is 6.36. The highest BCUT2D eigenvalue weighted by molar-refractivity contribution is 5.96.